The van der Waals surface area contributed by atoms with Gasteiger partial charge in [-0.2, -0.15) is 5.26 Å². The quantitative estimate of drug-likeness (QED) is 0.788. The van der Waals surface area contributed by atoms with E-state index in [9.17, 15) is 0 Å². The molecule has 0 bridgehead atoms. The van der Waals surface area contributed by atoms with Gasteiger partial charge in [0.2, 0.25) is 0 Å². The van der Waals surface area contributed by atoms with E-state index in [1.165, 1.54) is 0 Å². The zero-order valence-corrected chi connectivity index (χ0v) is 11.0. The van der Waals surface area contributed by atoms with Gasteiger partial charge in [0.1, 0.15) is 11.6 Å². The Labute approximate surface area is 116 Å². The zero-order chi connectivity index (χ0) is 13.9. The van der Waals surface area contributed by atoms with E-state index >= 15 is 0 Å². The summed E-state index contributed by atoms with van der Waals surface area (Å²) in [6, 6.07) is 9.64. The minimum absolute atomic E-state index is 0.607. The van der Waals surface area contributed by atoms with E-state index in [0.29, 0.717) is 12.1 Å². The zero-order valence-electron chi connectivity index (χ0n) is 11.0. The number of imidazole rings is 1. The normalized spacial score (nSPS) is 10.4. The van der Waals surface area contributed by atoms with Gasteiger partial charge in [0.05, 0.1) is 18.2 Å². The summed E-state index contributed by atoms with van der Waals surface area (Å²) in [5.41, 5.74) is 0.652. The van der Waals surface area contributed by atoms with Crippen LogP contribution in [-0.4, -0.2) is 14.5 Å². The highest BCUT2D eigenvalue weighted by molar-refractivity contribution is 5.92. The number of benzene rings is 1. The number of nitrogens with zero attached hydrogens (tertiary/aromatic N) is 4. The molecule has 3 aromatic rings. The second kappa shape index (κ2) is 5.02. The highest BCUT2D eigenvalue weighted by Gasteiger charge is 2.05. The number of hydrogen-bond donors (Lipinski definition) is 1. The van der Waals surface area contributed by atoms with E-state index in [-0.39, 0.29) is 0 Å². The lowest BCUT2D eigenvalue weighted by Crippen LogP contribution is -2.07. The number of aromatic nitrogens is 3. The van der Waals surface area contributed by atoms with Crippen LogP contribution >= 0.6 is 0 Å². The van der Waals surface area contributed by atoms with Gasteiger partial charge in [0, 0.05) is 31.0 Å². The van der Waals surface area contributed by atoms with Gasteiger partial charge in [-0.05, 0) is 29.7 Å². The van der Waals surface area contributed by atoms with Gasteiger partial charge in [-0.25, -0.2) is 9.97 Å². The predicted molar refractivity (Wildman–Crippen MR) is 77.0 cm³/mol. The van der Waals surface area contributed by atoms with Crippen LogP contribution in [0.4, 0.5) is 5.82 Å². The molecule has 0 saturated carbocycles. The van der Waals surface area contributed by atoms with Crippen molar-refractivity contribution in [2.75, 3.05) is 5.32 Å². The van der Waals surface area contributed by atoms with E-state index in [2.05, 4.69) is 21.4 Å². The fourth-order valence-corrected chi connectivity index (χ4v) is 2.12. The van der Waals surface area contributed by atoms with E-state index in [0.717, 1.165) is 22.4 Å². The number of fused-ring (bicyclic) bond motifs is 1. The van der Waals surface area contributed by atoms with Crippen molar-refractivity contribution in [1.29, 1.82) is 5.26 Å². The Morgan fingerprint density at radius 2 is 2.15 bits per heavy atom. The molecule has 1 aromatic carbocycles. The van der Waals surface area contributed by atoms with Gasteiger partial charge in [0.15, 0.2) is 0 Å². The SMILES string of the molecule is Cn1ccnc1CNc1nccc2cc(C#N)ccc12. The summed E-state index contributed by atoms with van der Waals surface area (Å²) in [4.78, 5) is 8.63. The van der Waals surface area contributed by atoms with Gasteiger partial charge in [-0.3, -0.25) is 0 Å². The minimum atomic E-state index is 0.607. The second-order valence-electron chi connectivity index (χ2n) is 4.52. The molecule has 0 fully saturated rings. The van der Waals surface area contributed by atoms with Crippen molar-refractivity contribution in [2.45, 2.75) is 6.54 Å². The third kappa shape index (κ3) is 2.19. The van der Waals surface area contributed by atoms with Crippen LogP contribution in [-0.2, 0) is 13.6 Å². The number of hydrogen-bond acceptors (Lipinski definition) is 4. The van der Waals surface area contributed by atoms with Crippen LogP contribution in [0.15, 0.2) is 42.9 Å². The lowest BCUT2D eigenvalue weighted by molar-refractivity contribution is 0.811. The van der Waals surface area contributed by atoms with Crippen molar-refractivity contribution in [1.82, 2.24) is 14.5 Å². The average Bonchev–Trinajstić information content (AvgIpc) is 2.89. The molecule has 1 N–H and O–H groups in total. The fourth-order valence-electron chi connectivity index (χ4n) is 2.12. The van der Waals surface area contributed by atoms with E-state index < -0.39 is 0 Å². The molecular weight excluding hydrogens is 250 g/mol. The Morgan fingerprint density at radius 3 is 2.90 bits per heavy atom. The molecule has 0 radical (unpaired) electrons. The van der Waals surface area contributed by atoms with Crippen LogP contribution in [0.2, 0.25) is 0 Å². The van der Waals surface area contributed by atoms with Crippen molar-refractivity contribution in [3.63, 3.8) is 0 Å². The summed E-state index contributed by atoms with van der Waals surface area (Å²) in [6.45, 7) is 0.607. The van der Waals surface area contributed by atoms with Gasteiger partial charge < -0.3 is 9.88 Å². The first-order chi connectivity index (χ1) is 9.78. The van der Waals surface area contributed by atoms with Crippen LogP contribution in [0.3, 0.4) is 0 Å². The Morgan fingerprint density at radius 1 is 1.25 bits per heavy atom. The second-order valence-corrected chi connectivity index (χ2v) is 4.52. The van der Waals surface area contributed by atoms with Crippen LogP contribution in [0.25, 0.3) is 10.8 Å². The van der Waals surface area contributed by atoms with Gasteiger partial charge in [-0.15, -0.1) is 0 Å². The molecule has 0 amide bonds. The lowest BCUT2D eigenvalue weighted by atomic mass is 10.1. The summed E-state index contributed by atoms with van der Waals surface area (Å²) in [5, 5.41) is 14.2. The average molecular weight is 263 g/mol. The molecule has 5 nitrogen and oxygen atoms in total. The third-order valence-corrected chi connectivity index (χ3v) is 3.23. The van der Waals surface area contributed by atoms with Crippen LogP contribution in [0.5, 0.6) is 0 Å². The lowest BCUT2D eigenvalue weighted by Gasteiger charge is -2.08. The summed E-state index contributed by atoms with van der Waals surface area (Å²) >= 11 is 0. The highest BCUT2D eigenvalue weighted by atomic mass is 15.1. The molecule has 5 heteroatoms. The molecule has 0 unspecified atom stereocenters. The maximum absolute atomic E-state index is 8.93. The summed E-state index contributed by atoms with van der Waals surface area (Å²) in [5.74, 6) is 1.74. The number of nitriles is 1. The van der Waals surface area contributed by atoms with Crippen molar-refractivity contribution in [2.24, 2.45) is 7.05 Å². The number of nitrogens with one attached hydrogen (secondary N) is 1. The molecule has 98 valence electrons. The molecule has 20 heavy (non-hydrogen) atoms. The van der Waals surface area contributed by atoms with Crippen LogP contribution in [0.1, 0.15) is 11.4 Å². The molecule has 2 heterocycles. The Balaban J connectivity index is 1.92. The number of aryl methyl sites for hydroxylation is 1. The molecule has 0 atom stereocenters. The minimum Gasteiger partial charge on any atom is -0.362 e. The maximum Gasteiger partial charge on any atom is 0.134 e. The van der Waals surface area contributed by atoms with Crippen molar-refractivity contribution >= 4 is 16.6 Å². The first kappa shape index (κ1) is 12.2. The maximum atomic E-state index is 8.93. The van der Waals surface area contributed by atoms with Crippen molar-refractivity contribution in [3.8, 4) is 6.07 Å². The Bertz CT molecular complexity index is 797. The highest BCUT2D eigenvalue weighted by Crippen LogP contribution is 2.22. The molecule has 3 rings (SSSR count). The van der Waals surface area contributed by atoms with Gasteiger partial charge in [-0.1, -0.05) is 0 Å². The van der Waals surface area contributed by atoms with Crippen LogP contribution in [0, 0.1) is 11.3 Å². The molecule has 0 saturated heterocycles. The first-order valence-electron chi connectivity index (χ1n) is 6.27. The van der Waals surface area contributed by atoms with E-state index in [1.54, 1.807) is 18.5 Å². The third-order valence-electron chi connectivity index (χ3n) is 3.23. The van der Waals surface area contributed by atoms with Gasteiger partial charge >= 0.3 is 0 Å². The smallest absolute Gasteiger partial charge is 0.134 e. The van der Waals surface area contributed by atoms with Crippen molar-refractivity contribution in [3.05, 3.63) is 54.2 Å². The van der Waals surface area contributed by atoms with Crippen LogP contribution < -0.4 is 5.32 Å². The Hall–Kier alpha value is -2.87. The molecule has 0 aliphatic heterocycles. The van der Waals surface area contributed by atoms with E-state index in [1.807, 2.05) is 36.0 Å². The number of rotatable bonds is 3. The number of pyridine rings is 1. The molecule has 0 aliphatic carbocycles. The van der Waals surface area contributed by atoms with Gasteiger partial charge in [0.25, 0.3) is 0 Å². The predicted octanol–water partition coefficient (Wildman–Crippen LogP) is 2.45. The summed E-state index contributed by atoms with van der Waals surface area (Å²) in [6.07, 6.45) is 5.42. The molecular formula is C15H13N5. The standard InChI is InChI=1S/C15H13N5/c1-20-7-6-17-14(20)10-19-15-13-3-2-11(9-16)8-12(13)4-5-18-15/h2-8H,10H2,1H3,(H,18,19). The van der Waals surface area contributed by atoms with Crippen molar-refractivity contribution < 1.29 is 0 Å². The number of anilines is 1. The topological polar surface area (TPSA) is 66.5 Å². The largest absolute Gasteiger partial charge is 0.362 e. The van der Waals surface area contributed by atoms with E-state index in [4.69, 9.17) is 5.26 Å². The molecule has 0 spiro atoms. The molecule has 2 aromatic heterocycles. The fraction of sp³-hybridized carbons (Fsp3) is 0.133. The summed E-state index contributed by atoms with van der Waals surface area (Å²) < 4.78 is 1.96. The Kier molecular flexibility index (Phi) is 3.05. The molecule has 0 aliphatic rings. The summed E-state index contributed by atoms with van der Waals surface area (Å²) in [7, 11) is 1.96. The first-order valence-corrected chi connectivity index (χ1v) is 6.27. The monoisotopic (exact) mass is 263 g/mol.